The van der Waals surface area contributed by atoms with E-state index in [1.807, 2.05) is 0 Å². The minimum atomic E-state index is -4.19. The van der Waals surface area contributed by atoms with Gasteiger partial charge in [-0.2, -0.15) is 0 Å². The Morgan fingerprint density at radius 1 is 1.35 bits per heavy atom. The minimum Gasteiger partial charge on any atom is -0.478 e. The average molecular weight is 324 g/mol. The third kappa shape index (κ3) is 3.68. The van der Waals surface area contributed by atoms with Crippen LogP contribution in [0.2, 0.25) is 5.02 Å². The summed E-state index contributed by atoms with van der Waals surface area (Å²) < 4.78 is 40.5. The lowest BCUT2D eigenvalue weighted by Gasteiger charge is -2.18. The number of rotatable bonds is 5. The van der Waals surface area contributed by atoms with Crippen LogP contribution in [0.4, 0.5) is 4.39 Å². The van der Waals surface area contributed by atoms with E-state index in [1.165, 1.54) is 0 Å². The van der Waals surface area contributed by atoms with E-state index in [2.05, 4.69) is 4.72 Å². The molecule has 0 heterocycles. The Morgan fingerprint density at radius 3 is 2.35 bits per heavy atom. The number of hydrogen-bond donors (Lipinski definition) is 2. The lowest BCUT2D eigenvalue weighted by atomic mass is 10.1. The zero-order chi connectivity index (χ0) is 15.7. The molecule has 1 aromatic rings. The summed E-state index contributed by atoms with van der Waals surface area (Å²) in [7, 11) is -4.19. The SMILES string of the molecule is CC(C)C(C)NS(=O)(=O)c1cc(Cl)cc(C(=O)O)c1F. The Labute approximate surface area is 121 Å². The highest BCUT2D eigenvalue weighted by Crippen LogP contribution is 2.24. The minimum absolute atomic E-state index is 0.00837. The van der Waals surface area contributed by atoms with Gasteiger partial charge in [-0.05, 0) is 25.0 Å². The quantitative estimate of drug-likeness (QED) is 0.872. The molecule has 2 N–H and O–H groups in total. The molecule has 0 aromatic heterocycles. The average Bonchev–Trinajstić information content (AvgIpc) is 2.30. The fourth-order valence-electron chi connectivity index (χ4n) is 1.36. The van der Waals surface area contributed by atoms with Gasteiger partial charge < -0.3 is 5.11 Å². The molecule has 0 radical (unpaired) electrons. The lowest BCUT2D eigenvalue weighted by Crippen LogP contribution is -2.36. The number of carbonyl (C=O) groups is 1. The molecule has 1 aromatic carbocycles. The molecule has 112 valence electrons. The van der Waals surface area contributed by atoms with Crippen molar-refractivity contribution in [1.82, 2.24) is 4.72 Å². The second-order valence-electron chi connectivity index (χ2n) is 4.72. The van der Waals surface area contributed by atoms with Crippen LogP contribution in [0.15, 0.2) is 17.0 Å². The maximum atomic E-state index is 14.0. The Hall–Kier alpha value is -1.18. The first-order valence-electron chi connectivity index (χ1n) is 5.81. The van der Waals surface area contributed by atoms with Crippen molar-refractivity contribution in [2.75, 3.05) is 0 Å². The van der Waals surface area contributed by atoms with E-state index >= 15 is 0 Å². The smallest absolute Gasteiger partial charge is 0.338 e. The van der Waals surface area contributed by atoms with Crippen LogP contribution in [0.5, 0.6) is 0 Å². The van der Waals surface area contributed by atoms with Crippen LogP contribution in [0.3, 0.4) is 0 Å². The van der Waals surface area contributed by atoms with E-state index in [0.717, 1.165) is 12.1 Å². The molecule has 8 heteroatoms. The highest BCUT2D eigenvalue weighted by molar-refractivity contribution is 7.89. The maximum Gasteiger partial charge on any atom is 0.338 e. The highest BCUT2D eigenvalue weighted by atomic mass is 35.5. The molecule has 0 saturated heterocycles. The number of aromatic carboxylic acids is 1. The molecule has 1 rings (SSSR count). The third-order valence-electron chi connectivity index (χ3n) is 2.86. The number of carboxylic acid groups (broad SMARTS) is 1. The summed E-state index contributed by atoms with van der Waals surface area (Å²) >= 11 is 5.65. The number of halogens is 2. The number of nitrogens with one attached hydrogen (secondary N) is 1. The molecule has 20 heavy (non-hydrogen) atoms. The van der Waals surface area contributed by atoms with Crippen LogP contribution in [0.1, 0.15) is 31.1 Å². The van der Waals surface area contributed by atoms with Crippen LogP contribution < -0.4 is 4.72 Å². The number of sulfonamides is 1. The van der Waals surface area contributed by atoms with Crippen LogP contribution in [0, 0.1) is 11.7 Å². The van der Waals surface area contributed by atoms with Gasteiger partial charge in [0, 0.05) is 11.1 Å². The molecule has 0 aliphatic carbocycles. The van der Waals surface area contributed by atoms with Crippen LogP contribution in [-0.2, 0) is 10.0 Å². The van der Waals surface area contributed by atoms with Gasteiger partial charge >= 0.3 is 5.97 Å². The first kappa shape index (κ1) is 16.9. The van der Waals surface area contributed by atoms with Gasteiger partial charge in [-0.3, -0.25) is 0 Å². The van der Waals surface area contributed by atoms with Gasteiger partial charge in [-0.1, -0.05) is 25.4 Å². The Morgan fingerprint density at radius 2 is 1.90 bits per heavy atom. The molecular weight excluding hydrogens is 309 g/mol. The largest absolute Gasteiger partial charge is 0.478 e. The molecule has 0 fully saturated rings. The molecule has 1 unspecified atom stereocenters. The number of benzene rings is 1. The van der Waals surface area contributed by atoms with Gasteiger partial charge in [0.15, 0.2) is 5.82 Å². The molecule has 0 saturated carbocycles. The first-order valence-corrected chi connectivity index (χ1v) is 7.67. The number of hydrogen-bond acceptors (Lipinski definition) is 3. The van der Waals surface area contributed by atoms with Gasteiger partial charge in [-0.15, -0.1) is 0 Å². The zero-order valence-electron chi connectivity index (χ0n) is 11.1. The van der Waals surface area contributed by atoms with Crippen molar-refractivity contribution in [2.24, 2.45) is 5.92 Å². The highest BCUT2D eigenvalue weighted by Gasteiger charge is 2.27. The normalized spacial score (nSPS) is 13.5. The van der Waals surface area contributed by atoms with Gasteiger partial charge in [0.05, 0.1) is 5.56 Å². The first-order chi connectivity index (χ1) is 9.06. The van der Waals surface area contributed by atoms with E-state index in [9.17, 15) is 17.6 Å². The lowest BCUT2D eigenvalue weighted by molar-refractivity contribution is 0.0691. The van der Waals surface area contributed by atoms with E-state index in [1.54, 1.807) is 20.8 Å². The van der Waals surface area contributed by atoms with Gasteiger partial charge in [0.1, 0.15) is 4.90 Å². The second kappa shape index (κ2) is 6.07. The molecule has 0 bridgehead atoms. The molecule has 5 nitrogen and oxygen atoms in total. The van der Waals surface area contributed by atoms with Crippen LogP contribution in [-0.4, -0.2) is 25.5 Å². The van der Waals surface area contributed by atoms with Crippen molar-refractivity contribution in [3.8, 4) is 0 Å². The van der Waals surface area contributed by atoms with Crippen molar-refractivity contribution in [1.29, 1.82) is 0 Å². The molecule has 1 atom stereocenters. The Kier molecular flexibility index (Phi) is 5.12. The summed E-state index contributed by atoms with van der Waals surface area (Å²) in [6.45, 7) is 5.22. The summed E-state index contributed by atoms with van der Waals surface area (Å²) in [6, 6.07) is 1.31. The van der Waals surface area contributed by atoms with Crippen molar-refractivity contribution in [3.63, 3.8) is 0 Å². The van der Waals surface area contributed by atoms with E-state index < -0.39 is 38.3 Å². The molecule has 0 spiro atoms. The molecule has 0 aliphatic rings. The van der Waals surface area contributed by atoms with Gasteiger partial charge in [0.2, 0.25) is 10.0 Å². The summed E-state index contributed by atoms with van der Waals surface area (Å²) in [5, 5.41) is 8.67. The zero-order valence-corrected chi connectivity index (χ0v) is 12.7. The summed E-state index contributed by atoms with van der Waals surface area (Å²) in [5.74, 6) is -2.92. The molecular formula is C12H15ClFNO4S. The number of carboxylic acids is 1. The topological polar surface area (TPSA) is 83.5 Å². The summed E-state index contributed by atoms with van der Waals surface area (Å²) in [5.41, 5.74) is -0.782. The van der Waals surface area contributed by atoms with Crippen molar-refractivity contribution in [3.05, 3.63) is 28.5 Å². The molecule has 0 amide bonds. The van der Waals surface area contributed by atoms with E-state index in [0.29, 0.717) is 0 Å². The monoisotopic (exact) mass is 323 g/mol. The standard InChI is InChI=1S/C12H15ClFNO4S/c1-6(2)7(3)15-20(18,19)10-5-8(13)4-9(11(10)14)12(16)17/h4-7,15H,1-3H3,(H,16,17). The summed E-state index contributed by atoms with van der Waals surface area (Å²) in [6.07, 6.45) is 0. The van der Waals surface area contributed by atoms with Gasteiger partial charge in [0.25, 0.3) is 0 Å². The van der Waals surface area contributed by atoms with E-state index in [-0.39, 0.29) is 10.9 Å². The van der Waals surface area contributed by atoms with Crippen LogP contribution >= 0.6 is 11.6 Å². The van der Waals surface area contributed by atoms with E-state index in [4.69, 9.17) is 16.7 Å². The fourth-order valence-corrected chi connectivity index (χ4v) is 3.16. The van der Waals surface area contributed by atoms with Gasteiger partial charge in [-0.25, -0.2) is 22.3 Å². The fraction of sp³-hybridized carbons (Fsp3) is 0.417. The third-order valence-corrected chi connectivity index (χ3v) is 4.64. The Bertz CT molecular complexity index is 631. The maximum absolute atomic E-state index is 14.0. The Balaban J connectivity index is 3.36. The predicted molar refractivity (Wildman–Crippen MR) is 73.0 cm³/mol. The second-order valence-corrected chi connectivity index (χ2v) is 6.84. The summed E-state index contributed by atoms with van der Waals surface area (Å²) in [4.78, 5) is 10.1. The van der Waals surface area contributed by atoms with Crippen molar-refractivity contribution >= 4 is 27.6 Å². The van der Waals surface area contributed by atoms with Crippen LogP contribution in [0.25, 0.3) is 0 Å². The predicted octanol–water partition coefficient (Wildman–Crippen LogP) is 2.50. The molecule has 0 aliphatic heterocycles. The van der Waals surface area contributed by atoms with Crippen molar-refractivity contribution < 1.29 is 22.7 Å². The van der Waals surface area contributed by atoms with Crippen molar-refractivity contribution in [2.45, 2.75) is 31.7 Å².